The molecule has 0 spiro atoms. The molecule has 0 aliphatic heterocycles. The molecule has 0 aromatic rings. The fourth-order valence-electron chi connectivity index (χ4n) is 1.67. The SMILES string of the molecule is C=CC(C=C)CCCCCCCCC.[Pt]. The van der Waals surface area contributed by atoms with Crippen molar-refractivity contribution in [1.29, 1.82) is 0 Å². The minimum atomic E-state index is 0. The van der Waals surface area contributed by atoms with Gasteiger partial charge in [0, 0.05) is 21.1 Å². The van der Waals surface area contributed by atoms with Crippen molar-refractivity contribution in [1.82, 2.24) is 0 Å². The number of unbranched alkanes of at least 4 members (excludes halogenated alkanes) is 6. The maximum absolute atomic E-state index is 3.80. The van der Waals surface area contributed by atoms with Gasteiger partial charge in [-0.05, 0) is 12.3 Å². The molecule has 0 amide bonds. The molecule has 0 bridgehead atoms. The Morgan fingerprint density at radius 2 is 1.33 bits per heavy atom. The molecule has 0 N–H and O–H groups in total. The van der Waals surface area contributed by atoms with Gasteiger partial charge in [0.1, 0.15) is 0 Å². The van der Waals surface area contributed by atoms with Gasteiger partial charge in [-0.25, -0.2) is 0 Å². The monoisotopic (exact) mass is 389 g/mol. The average Bonchev–Trinajstić information content (AvgIpc) is 2.22. The maximum Gasteiger partial charge on any atom is 0 e. The van der Waals surface area contributed by atoms with Crippen LogP contribution in [0.15, 0.2) is 25.3 Å². The molecule has 92 valence electrons. The van der Waals surface area contributed by atoms with E-state index in [0.717, 1.165) is 0 Å². The molecule has 0 unspecified atom stereocenters. The normalized spacial score (nSPS) is 9.73. The second kappa shape index (κ2) is 14.2. The zero-order valence-corrected chi connectivity index (χ0v) is 12.4. The molecule has 0 aromatic carbocycles. The topological polar surface area (TPSA) is 0 Å². The second-order valence-electron chi connectivity index (χ2n) is 4.05. The van der Waals surface area contributed by atoms with Gasteiger partial charge in [-0.1, -0.05) is 64.0 Å². The van der Waals surface area contributed by atoms with Crippen molar-refractivity contribution in [2.45, 2.75) is 58.3 Å². The van der Waals surface area contributed by atoms with Crippen LogP contribution < -0.4 is 0 Å². The molecule has 0 rings (SSSR count). The molecule has 0 radical (unpaired) electrons. The van der Waals surface area contributed by atoms with Crippen LogP contribution in [-0.4, -0.2) is 0 Å². The van der Waals surface area contributed by atoms with Gasteiger partial charge in [-0.2, -0.15) is 0 Å². The van der Waals surface area contributed by atoms with E-state index in [9.17, 15) is 0 Å². The van der Waals surface area contributed by atoms with Crippen LogP contribution in [0, 0.1) is 5.92 Å². The summed E-state index contributed by atoms with van der Waals surface area (Å²) in [6.45, 7) is 9.86. The van der Waals surface area contributed by atoms with E-state index in [4.69, 9.17) is 0 Å². The van der Waals surface area contributed by atoms with Crippen molar-refractivity contribution in [2.75, 3.05) is 0 Å². The van der Waals surface area contributed by atoms with Crippen molar-refractivity contribution in [3.8, 4) is 0 Å². The molecule has 1 heteroatoms. The first-order valence-corrected chi connectivity index (χ1v) is 6.10. The third-order valence-electron chi connectivity index (χ3n) is 2.75. The Morgan fingerprint density at radius 3 is 1.80 bits per heavy atom. The van der Waals surface area contributed by atoms with E-state index in [2.05, 4.69) is 20.1 Å². The van der Waals surface area contributed by atoms with Crippen LogP contribution >= 0.6 is 0 Å². The van der Waals surface area contributed by atoms with Crippen molar-refractivity contribution in [2.24, 2.45) is 5.92 Å². The van der Waals surface area contributed by atoms with Gasteiger partial charge in [0.15, 0.2) is 0 Å². The number of hydrogen-bond acceptors (Lipinski definition) is 0. The minimum absolute atomic E-state index is 0. The second-order valence-corrected chi connectivity index (χ2v) is 4.05. The van der Waals surface area contributed by atoms with Gasteiger partial charge in [-0.15, -0.1) is 13.2 Å². The summed E-state index contributed by atoms with van der Waals surface area (Å²) in [6.07, 6.45) is 14.9. The summed E-state index contributed by atoms with van der Waals surface area (Å²) in [7, 11) is 0. The van der Waals surface area contributed by atoms with Crippen LogP contribution in [0.2, 0.25) is 0 Å². The third-order valence-corrected chi connectivity index (χ3v) is 2.75. The fourth-order valence-corrected chi connectivity index (χ4v) is 1.67. The van der Waals surface area contributed by atoms with E-state index in [1.807, 2.05) is 12.2 Å². The van der Waals surface area contributed by atoms with Crippen molar-refractivity contribution >= 4 is 0 Å². The molecular weight excluding hydrogens is 363 g/mol. The summed E-state index contributed by atoms with van der Waals surface area (Å²) in [5, 5.41) is 0. The molecule has 0 saturated heterocycles. The third kappa shape index (κ3) is 12.1. The summed E-state index contributed by atoms with van der Waals surface area (Å²) in [4.78, 5) is 0. The minimum Gasteiger partial charge on any atom is -0.102 e. The molecule has 0 aromatic heterocycles. The van der Waals surface area contributed by atoms with E-state index in [1.165, 1.54) is 51.4 Å². The Hall–Kier alpha value is 0.168. The Balaban J connectivity index is 0. The summed E-state index contributed by atoms with van der Waals surface area (Å²) < 4.78 is 0. The Labute approximate surface area is 110 Å². The quantitative estimate of drug-likeness (QED) is 0.360. The molecule has 0 aliphatic carbocycles. The van der Waals surface area contributed by atoms with Gasteiger partial charge in [0.25, 0.3) is 0 Å². The van der Waals surface area contributed by atoms with Crippen LogP contribution in [0.1, 0.15) is 58.3 Å². The van der Waals surface area contributed by atoms with E-state index < -0.39 is 0 Å². The zero-order valence-electron chi connectivity index (χ0n) is 10.1. The van der Waals surface area contributed by atoms with Gasteiger partial charge in [0.05, 0.1) is 0 Å². The van der Waals surface area contributed by atoms with Gasteiger partial charge in [-0.3, -0.25) is 0 Å². The molecule has 15 heavy (non-hydrogen) atoms. The first-order valence-electron chi connectivity index (χ1n) is 6.10. The van der Waals surface area contributed by atoms with Crippen LogP contribution in [-0.2, 0) is 21.1 Å². The number of rotatable bonds is 10. The van der Waals surface area contributed by atoms with Crippen molar-refractivity contribution in [3.05, 3.63) is 25.3 Å². The van der Waals surface area contributed by atoms with Crippen LogP contribution in [0.4, 0.5) is 0 Å². The van der Waals surface area contributed by atoms with Crippen LogP contribution in [0.3, 0.4) is 0 Å². The summed E-state index contributed by atoms with van der Waals surface area (Å²) >= 11 is 0. The maximum atomic E-state index is 3.80. The number of hydrogen-bond donors (Lipinski definition) is 0. The molecule has 0 nitrogen and oxygen atoms in total. The first-order chi connectivity index (χ1) is 6.85. The van der Waals surface area contributed by atoms with Gasteiger partial charge < -0.3 is 0 Å². The van der Waals surface area contributed by atoms with Crippen molar-refractivity contribution < 1.29 is 21.1 Å². The summed E-state index contributed by atoms with van der Waals surface area (Å²) in [6, 6.07) is 0. The molecule has 0 heterocycles. The predicted molar refractivity (Wildman–Crippen MR) is 66.5 cm³/mol. The van der Waals surface area contributed by atoms with E-state index in [1.54, 1.807) is 0 Å². The smallest absolute Gasteiger partial charge is 0 e. The standard InChI is InChI=1S/C14H26.Pt/c1-4-7-8-9-10-11-12-13-14(5-2)6-3;/h5-6,14H,2-4,7-13H2,1H3;. The summed E-state index contributed by atoms with van der Waals surface area (Å²) in [5.41, 5.74) is 0. The summed E-state index contributed by atoms with van der Waals surface area (Å²) in [5.74, 6) is 0.533. The van der Waals surface area contributed by atoms with E-state index >= 15 is 0 Å². The largest absolute Gasteiger partial charge is 0.102 e. The van der Waals surface area contributed by atoms with E-state index in [-0.39, 0.29) is 21.1 Å². The first kappa shape index (κ1) is 17.6. The zero-order chi connectivity index (χ0) is 10.6. The molecule has 0 atom stereocenters. The Kier molecular flexibility index (Phi) is 16.6. The fraction of sp³-hybridized carbons (Fsp3) is 0.714. The van der Waals surface area contributed by atoms with Gasteiger partial charge >= 0.3 is 0 Å². The average molecular weight is 389 g/mol. The van der Waals surface area contributed by atoms with Crippen molar-refractivity contribution in [3.63, 3.8) is 0 Å². The number of allylic oxidation sites excluding steroid dienone is 2. The molecule has 0 saturated carbocycles. The molecular formula is C14H26Pt. The van der Waals surface area contributed by atoms with Crippen LogP contribution in [0.25, 0.3) is 0 Å². The van der Waals surface area contributed by atoms with Gasteiger partial charge in [0.2, 0.25) is 0 Å². The van der Waals surface area contributed by atoms with E-state index in [0.29, 0.717) is 5.92 Å². The molecule has 0 aliphatic rings. The van der Waals surface area contributed by atoms with Crippen LogP contribution in [0.5, 0.6) is 0 Å². The molecule has 0 fully saturated rings. The predicted octanol–water partition coefficient (Wildman–Crippen LogP) is 5.11. The Bertz CT molecular complexity index is 132. The Morgan fingerprint density at radius 1 is 0.867 bits per heavy atom.